The van der Waals surface area contributed by atoms with Gasteiger partial charge in [-0.1, -0.05) is 50.2 Å². The topological polar surface area (TPSA) is 50.5 Å². The van der Waals surface area contributed by atoms with Gasteiger partial charge in [-0.15, -0.1) is 0 Å². The van der Waals surface area contributed by atoms with Gasteiger partial charge in [-0.3, -0.25) is 4.90 Å². The second-order valence-corrected chi connectivity index (χ2v) is 7.33. The largest absolute Gasteiger partial charge is 0.439 e. The summed E-state index contributed by atoms with van der Waals surface area (Å²) in [6.07, 6.45) is 1.46. The molecule has 1 heterocycles. The first-order chi connectivity index (χ1) is 14.1. The molecule has 3 aromatic rings. The van der Waals surface area contributed by atoms with Gasteiger partial charge < -0.3 is 9.84 Å². The molecule has 0 aliphatic rings. The third-order valence-electron chi connectivity index (χ3n) is 4.76. The Bertz CT molecular complexity index is 876. The van der Waals surface area contributed by atoms with Crippen molar-refractivity contribution in [3.63, 3.8) is 0 Å². The van der Waals surface area contributed by atoms with Gasteiger partial charge in [0.1, 0.15) is 5.75 Å². The molecule has 1 aromatic heterocycles. The maximum absolute atomic E-state index is 9.95. The van der Waals surface area contributed by atoms with Crippen molar-refractivity contribution >= 4 is 0 Å². The summed E-state index contributed by atoms with van der Waals surface area (Å²) in [6, 6.07) is 19.9. The lowest BCUT2D eigenvalue weighted by atomic mass is 10.1. The van der Waals surface area contributed by atoms with E-state index in [4.69, 9.17) is 9.84 Å². The van der Waals surface area contributed by atoms with E-state index in [1.165, 1.54) is 0 Å². The number of aliphatic hydroxyl groups is 1. The minimum Gasteiger partial charge on any atom is -0.439 e. The van der Waals surface area contributed by atoms with E-state index in [9.17, 15) is 5.11 Å². The average Bonchev–Trinajstić information content (AvgIpc) is 3.06. The first-order valence-corrected chi connectivity index (χ1v) is 10.4. The standard InChI is InChI=1S/C24H31N3O2/c1-4-16-26(17-19(3)28)18-22-23(5-2)25-27(20-12-8-6-9-13-20)24(22)29-21-14-10-7-11-15-21/h6-15,19,28H,4-5,16-18H2,1-3H3/t19-/m0/s1. The molecule has 0 spiro atoms. The normalized spacial score (nSPS) is 12.3. The van der Waals surface area contributed by atoms with E-state index < -0.39 is 0 Å². The van der Waals surface area contributed by atoms with Crippen LogP contribution in [0.1, 0.15) is 38.4 Å². The predicted molar refractivity (Wildman–Crippen MR) is 117 cm³/mol. The van der Waals surface area contributed by atoms with Crippen molar-refractivity contribution in [2.45, 2.75) is 46.3 Å². The van der Waals surface area contributed by atoms with Gasteiger partial charge in [0, 0.05) is 13.1 Å². The number of hydrogen-bond acceptors (Lipinski definition) is 4. The number of para-hydroxylation sites is 2. The quantitative estimate of drug-likeness (QED) is 0.536. The van der Waals surface area contributed by atoms with Crippen LogP contribution in [0.3, 0.4) is 0 Å². The van der Waals surface area contributed by atoms with E-state index in [0.29, 0.717) is 13.1 Å². The zero-order valence-electron chi connectivity index (χ0n) is 17.6. The third kappa shape index (κ3) is 5.46. The lowest BCUT2D eigenvalue weighted by Crippen LogP contribution is -2.31. The fraction of sp³-hybridized carbons (Fsp3) is 0.375. The van der Waals surface area contributed by atoms with E-state index in [1.54, 1.807) is 0 Å². The van der Waals surface area contributed by atoms with Crippen molar-refractivity contribution in [2.24, 2.45) is 0 Å². The first-order valence-electron chi connectivity index (χ1n) is 10.4. The molecule has 1 atom stereocenters. The van der Waals surface area contributed by atoms with Crippen LogP contribution in [0.15, 0.2) is 60.7 Å². The van der Waals surface area contributed by atoms with Crippen LogP contribution in [0, 0.1) is 0 Å². The number of nitrogens with zero attached hydrogens (tertiary/aromatic N) is 3. The molecular formula is C24H31N3O2. The molecule has 0 unspecified atom stereocenters. The van der Waals surface area contributed by atoms with E-state index in [2.05, 4.69) is 18.7 Å². The molecule has 0 radical (unpaired) electrons. The highest BCUT2D eigenvalue weighted by atomic mass is 16.5. The first kappa shape index (κ1) is 21.1. The fourth-order valence-electron chi connectivity index (χ4n) is 3.52. The summed E-state index contributed by atoms with van der Waals surface area (Å²) in [7, 11) is 0. The number of aliphatic hydroxyl groups excluding tert-OH is 1. The monoisotopic (exact) mass is 393 g/mol. The van der Waals surface area contributed by atoms with Crippen LogP contribution in [-0.4, -0.2) is 39.0 Å². The van der Waals surface area contributed by atoms with Gasteiger partial charge in [0.2, 0.25) is 5.88 Å². The molecule has 29 heavy (non-hydrogen) atoms. The Balaban J connectivity index is 2.06. The molecule has 0 bridgehead atoms. The van der Waals surface area contributed by atoms with Crippen molar-refractivity contribution in [1.29, 1.82) is 0 Å². The van der Waals surface area contributed by atoms with Crippen molar-refractivity contribution in [1.82, 2.24) is 14.7 Å². The minimum absolute atomic E-state index is 0.380. The van der Waals surface area contributed by atoms with Crippen LogP contribution < -0.4 is 4.74 Å². The number of hydrogen-bond donors (Lipinski definition) is 1. The summed E-state index contributed by atoms with van der Waals surface area (Å²) in [5, 5.41) is 14.8. The van der Waals surface area contributed by atoms with E-state index in [0.717, 1.165) is 48.0 Å². The Morgan fingerprint density at radius 1 is 1.03 bits per heavy atom. The molecule has 5 heteroatoms. The molecular weight excluding hydrogens is 362 g/mol. The van der Waals surface area contributed by atoms with Crippen molar-refractivity contribution in [3.05, 3.63) is 71.9 Å². The van der Waals surface area contributed by atoms with E-state index >= 15 is 0 Å². The minimum atomic E-state index is -0.380. The van der Waals surface area contributed by atoms with Gasteiger partial charge in [-0.05, 0) is 50.6 Å². The summed E-state index contributed by atoms with van der Waals surface area (Å²) in [4.78, 5) is 2.27. The molecule has 0 aliphatic carbocycles. The molecule has 0 aliphatic heterocycles. The Hall–Kier alpha value is -2.63. The summed E-state index contributed by atoms with van der Waals surface area (Å²) in [5.41, 5.74) is 3.07. The number of aromatic nitrogens is 2. The van der Waals surface area contributed by atoms with E-state index in [1.807, 2.05) is 72.3 Å². The highest BCUT2D eigenvalue weighted by molar-refractivity contribution is 5.43. The second kappa shape index (κ2) is 10.2. The van der Waals surface area contributed by atoms with Gasteiger partial charge in [-0.2, -0.15) is 5.10 Å². The second-order valence-electron chi connectivity index (χ2n) is 7.33. The molecule has 0 fully saturated rings. The molecule has 5 nitrogen and oxygen atoms in total. The van der Waals surface area contributed by atoms with Crippen LogP contribution in [0.4, 0.5) is 0 Å². The summed E-state index contributed by atoms with van der Waals surface area (Å²) in [6.45, 7) is 8.33. The highest BCUT2D eigenvalue weighted by Gasteiger charge is 2.22. The van der Waals surface area contributed by atoms with Crippen LogP contribution in [0.25, 0.3) is 5.69 Å². The molecule has 2 aromatic carbocycles. The third-order valence-corrected chi connectivity index (χ3v) is 4.76. The van der Waals surface area contributed by atoms with E-state index in [-0.39, 0.29) is 6.10 Å². The summed E-state index contributed by atoms with van der Waals surface area (Å²) in [5.74, 6) is 1.52. The molecule has 0 saturated heterocycles. The fourth-order valence-corrected chi connectivity index (χ4v) is 3.52. The molecule has 0 amide bonds. The zero-order valence-corrected chi connectivity index (χ0v) is 17.6. The number of aryl methyl sites for hydroxylation is 1. The maximum atomic E-state index is 9.95. The van der Waals surface area contributed by atoms with Crippen molar-refractivity contribution in [2.75, 3.05) is 13.1 Å². The average molecular weight is 394 g/mol. The smallest absolute Gasteiger partial charge is 0.227 e. The molecule has 3 rings (SSSR count). The Morgan fingerprint density at radius 2 is 1.69 bits per heavy atom. The number of ether oxygens (including phenoxy) is 1. The molecule has 154 valence electrons. The van der Waals surface area contributed by atoms with Gasteiger partial charge in [-0.25, -0.2) is 4.68 Å². The number of rotatable bonds is 10. The maximum Gasteiger partial charge on any atom is 0.227 e. The van der Waals surface area contributed by atoms with Crippen LogP contribution >= 0.6 is 0 Å². The lowest BCUT2D eigenvalue weighted by Gasteiger charge is -2.23. The SMILES string of the molecule is CCCN(Cc1c(CC)nn(-c2ccccc2)c1Oc1ccccc1)C[C@H](C)O. The van der Waals surface area contributed by atoms with Crippen molar-refractivity contribution < 1.29 is 9.84 Å². The van der Waals surface area contributed by atoms with Gasteiger partial charge >= 0.3 is 0 Å². The molecule has 1 N–H and O–H groups in total. The highest BCUT2D eigenvalue weighted by Crippen LogP contribution is 2.32. The zero-order chi connectivity index (χ0) is 20.6. The van der Waals surface area contributed by atoms with Crippen LogP contribution in [-0.2, 0) is 13.0 Å². The van der Waals surface area contributed by atoms with Crippen LogP contribution in [0.2, 0.25) is 0 Å². The van der Waals surface area contributed by atoms with Crippen molar-refractivity contribution in [3.8, 4) is 17.3 Å². The van der Waals surface area contributed by atoms with Gasteiger partial charge in [0.15, 0.2) is 0 Å². The Labute approximate surface area is 173 Å². The van der Waals surface area contributed by atoms with Crippen LogP contribution in [0.5, 0.6) is 11.6 Å². The predicted octanol–water partition coefficient (Wildman–Crippen LogP) is 4.82. The number of benzene rings is 2. The lowest BCUT2D eigenvalue weighted by molar-refractivity contribution is 0.122. The molecule has 0 saturated carbocycles. The van der Waals surface area contributed by atoms with Gasteiger partial charge in [0.05, 0.1) is 23.0 Å². The van der Waals surface area contributed by atoms with Gasteiger partial charge in [0.25, 0.3) is 0 Å². The Kier molecular flexibility index (Phi) is 7.44. The Morgan fingerprint density at radius 3 is 2.28 bits per heavy atom. The summed E-state index contributed by atoms with van der Waals surface area (Å²) >= 11 is 0. The summed E-state index contributed by atoms with van der Waals surface area (Å²) < 4.78 is 8.27.